The molecule has 4 aromatic rings. The number of hydrogen-bond acceptors (Lipinski definition) is 5. The first-order valence-electron chi connectivity index (χ1n) is 13.8. The van der Waals surface area contributed by atoms with Gasteiger partial charge in [0, 0.05) is 37.7 Å². The smallest absolute Gasteiger partial charge is 0.310 e. The number of carboxylic acids is 1. The molecule has 7 nitrogen and oxygen atoms in total. The van der Waals surface area contributed by atoms with Gasteiger partial charge < -0.3 is 9.84 Å². The average molecular weight is 525 g/mol. The summed E-state index contributed by atoms with van der Waals surface area (Å²) in [6.07, 6.45) is 2.15. The highest BCUT2D eigenvalue weighted by molar-refractivity contribution is 5.81. The van der Waals surface area contributed by atoms with E-state index in [4.69, 9.17) is 4.74 Å². The minimum atomic E-state index is -1.03. The lowest BCUT2D eigenvalue weighted by Gasteiger charge is -2.34. The molecule has 39 heavy (non-hydrogen) atoms. The summed E-state index contributed by atoms with van der Waals surface area (Å²) in [5.41, 5.74) is 7.58. The van der Waals surface area contributed by atoms with E-state index in [0.29, 0.717) is 0 Å². The molecule has 1 aliphatic heterocycles. The zero-order valence-corrected chi connectivity index (χ0v) is 23.3. The predicted octanol–water partition coefficient (Wildman–Crippen LogP) is 5.79. The Kier molecular flexibility index (Phi) is 6.22. The van der Waals surface area contributed by atoms with Gasteiger partial charge >= 0.3 is 5.97 Å². The van der Waals surface area contributed by atoms with E-state index in [1.807, 2.05) is 40.0 Å². The van der Waals surface area contributed by atoms with E-state index in [1.54, 1.807) is 4.68 Å². The van der Waals surface area contributed by atoms with Crippen molar-refractivity contribution in [2.45, 2.75) is 65.1 Å². The van der Waals surface area contributed by atoms with Crippen LogP contribution in [0, 0.1) is 12.3 Å². The molecule has 0 bridgehead atoms. The first-order valence-corrected chi connectivity index (χ1v) is 13.8. The molecule has 2 unspecified atom stereocenters. The highest BCUT2D eigenvalue weighted by Gasteiger charge is 2.41. The Balaban J connectivity index is 1.44. The van der Waals surface area contributed by atoms with E-state index in [-0.39, 0.29) is 18.1 Å². The monoisotopic (exact) mass is 524 g/mol. The van der Waals surface area contributed by atoms with Gasteiger partial charge in [-0.3, -0.25) is 9.69 Å². The Morgan fingerprint density at radius 1 is 1.13 bits per heavy atom. The van der Waals surface area contributed by atoms with E-state index < -0.39 is 11.4 Å². The van der Waals surface area contributed by atoms with Crippen LogP contribution in [0.2, 0.25) is 0 Å². The summed E-state index contributed by atoms with van der Waals surface area (Å²) in [6, 6.07) is 19.3. The number of nitrogens with zero attached hydrogens (tertiary/aromatic N) is 4. The molecule has 0 fully saturated rings. The van der Waals surface area contributed by atoms with Crippen LogP contribution in [0.4, 0.5) is 0 Å². The van der Waals surface area contributed by atoms with Gasteiger partial charge in [-0.15, -0.1) is 5.10 Å². The molecule has 3 atom stereocenters. The maximum Gasteiger partial charge on any atom is 0.310 e. The largest absolute Gasteiger partial charge is 0.489 e. The van der Waals surface area contributed by atoms with Crippen LogP contribution in [0.5, 0.6) is 5.75 Å². The molecule has 2 heterocycles. The van der Waals surface area contributed by atoms with Crippen molar-refractivity contribution in [2.24, 2.45) is 12.5 Å². The number of carboxylic acid groups (broad SMARTS) is 1. The lowest BCUT2D eigenvalue weighted by Crippen LogP contribution is -2.34. The summed E-state index contributed by atoms with van der Waals surface area (Å²) >= 11 is 0. The Bertz CT molecular complexity index is 1570. The Labute approximate surface area is 229 Å². The van der Waals surface area contributed by atoms with Crippen LogP contribution < -0.4 is 4.74 Å². The van der Waals surface area contributed by atoms with Crippen molar-refractivity contribution in [3.05, 3.63) is 88.0 Å². The summed E-state index contributed by atoms with van der Waals surface area (Å²) in [5.74, 6) is -0.198. The second-order valence-electron chi connectivity index (χ2n) is 11.8. The first kappa shape index (κ1) is 25.6. The lowest BCUT2D eigenvalue weighted by atomic mass is 9.69. The predicted molar refractivity (Wildman–Crippen MR) is 151 cm³/mol. The number of ether oxygens (including phenoxy) is 1. The van der Waals surface area contributed by atoms with Gasteiger partial charge in [0.25, 0.3) is 0 Å². The number of aryl methyl sites for hydroxylation is 3. The van der Waals surface area contributed by atoms with Gasteiger partial charge in [-0.25, -0.2) is 4.68 Å². The van der Waals surface area contributed by atoms with Crippen LogP contribution in [0.25, 0.3) is 11.0 Å². The van der Waals surface area contributed by atoms with Gasteiger partial charge in [0.1, 0.15) is 17.4 Å². The summed E-state index contributed by atoms with van der Waals surface area (Å²) in [7, 11) is 1.88. The molecule has 1 aliphatic carbocycles. The van der Waals surface area contributed by atoms with Crippen LogP contribution in [-0.2, 0) is 24.8 Å². The van der Waals surface area contributed by atoms with E-state index in [0.717, 1.165) is 59.4 Å². The Hall–Kier alpha value is -3.71. The van der Waals surface area contributed by atoms with Crippen molar-refractivity contribution >= 4 is 17.0 Å². The number of benzene rings is 3. The highest BCUT2D eigenvalue weighted by Crippen LogP contribution is 2.46. The molecule has 0 amide bonds. The van der Waals surface area contributed by atoms with Gasteiger partial charge in [0.15, 0.2) is 0 Å². The number of carbonyl (C=O) groups is 1. The molecule has 0 saturated heterocycles. The fourth-order valence-electron chi connectivity index (χ4n) is 6.68. The van der Waals surface area contributed by atoms with Crippen molar-refractivity contribution in [1.82, 2.24) is 19.9 Å². The van der Waals surface area contributed by atoms with Crippen LogP contribution in [0.3, 0.4) is 0 Å². The Morgan fingerprint density at radius 2 is 1.92 bits per heavy atom. The van der Waals surface area contributed by atoms with Crippen molar-refractivity contribution in [3.8, 4) is 5.75 Å². The van der Waals surface area contributed by atoms with Gasteiger partial charge in [-0.2, -0.15) is 0 Å². The van der Waals surface area contributed by atoms with E-state index in [2.05, 4.69) is 64.6 Å². The molecular formula is C32H36N4O3. The minimum Gasteiger partial charge on any atom is -0.489 e. The fraction of sp³-hybridized carbons (Fsp3) is 0.406. The number of aromatic nitrogens is 3. The zero-order chi connectivity index (χ0) is 27.5. The summed E-state index contributed by atoms with van der Waals surface area (Å²) in [5, 5.41) is 19.0. The van der Waals surface area contributed by atoms with Crippen LogP contribution in [-0.4, -0.2) is 43.6 Å². The molecule has 0 radical (unpaired) electrons. The molecule has 1 N–H and O–H groups in total. The van der Waals surface area contributed by atoms with Crippen molar-refractivity contribution in [1.29, 1.82) is 0 Å². The third-order valence-electron chi connectivity index (χ3n) is 8.82. The van der Waals surface area contributed by atoms with Crippen molar-refractivity contribution < 1.29 is 14.6 Å². The molecular weight excluding hydrogens is 488 g/mol. The quantitative estimate of drug-likeness (QED) is 0.356. The maximum atomic E-state index is 12.7. The van der Waals surface area contributed by atoms with Crippen LogP contribution >= 0.6 is 0 Å². The molecule has 202 valence electrons. The number of hydrogen-bond donors (Lipinski definition) is 1. The second-order valence-corrected chi connectivity index (χ2v) is 11.8. The zero-order valence-electron chi connectivity index (χ0n) is 23.3. The van der Waals surface area contributed by atoms with Crippen molar-refractivity contribution in [2.75, 3.05) is 6.54 Å². The van der Waals surface area contributed by atoms with E-state index in [9.17, 15) is 9.90 Å². The number of fused-ring (bicyclic) bond motifs is 3. The molecule has 2 aliphatic rings. The third kappa shape index (κ3) is 4.29. The van der Waals surface area contributed by atoms with Crippen molar-refractivity contribution in [3.63, 3.8) is 0 Å². The topological polar surface area (TPSA) is 80.5 Å². The third-order valence-corrected chi connectivity index (χ3v) is 8.82. The standard InChI is InChI=1S/C32H36N4O3/c1-19-17-36(18-23-8-6-7-9-28(23)39-19)26-14-12-21-10-11-22(16-25(21)26)29(32(3,4)31(37)38)24-13-15-27-30(20(24)2)33-34-35(27)5/h6-11,13,15-16,19,26,29H,12,14,17-18H2,1-5H3,(H,37,38)/t19-,26?,29?/m1/s1. The minimum absolute atomic E-state index is 0.0842. The summed E-state index contributed by atoms with van der Waals surface area (Å²) < 4.78 is 8.01. The molecule has 7 heteroatoms. The number of para-hydroxylation sites is 1. The van der Waals surface area contributed by atoms with Gasteiger partial charge in [0.05, 0.1) is 10.9 Å². The lowest BCUT2D eigenvalue weighted by molar-refractivity contribution is -0.147. The van der Waals surface area contributed by atoms with Crippen LogP contribution in [0.15, 0.2) is 54.6 Å². The van der Waals surface area contributed by atoms with Gasteiger partial charge in [-0.05, 0) is 80.5 Å². The SMILES string of the molecule is Cc1c(C(c2ccc3c(c2)C(N2Cc4ccccc4O[C@H](C)C2)CC3)C(C)(C)C(=O)O)ccc2c1nnn2C. The molecule has 6 rings (SSSR count). The highest BCUT2D eigenvalue weighted by atomic mass is 16.5. The van der Waals surface area contributed by atoms with Gasteiger partial charge in [0.2, 0.25) is 0 Å². The molecule has 0 spiro atoms. The summed E-state index contributed by atoms with van der Waals surface area (Å²) in [6.45, 7) is 9.50. The average Bonchev–Trinajstić information content (AvgIpc) is 3.44. The van der Waals surface area contributed by atoms with E-state index in [1.165, 1.54) is 16.7 Å². The van der Waals surface area contributed by atoms with Gasteiger partial charge in [-0.1, -0.05) is 47.7 Å². The molecule has 0 saturated carbocycles. The molecule has 1 aromatic heterocycles. The maximum absolute atomic E-state index is 12.7. The first-order chi connectivity index (χ1) is 18.6. The Morgan fingerprint density at radius 3 is 2.72 bits per heavy atom. The van der Waals surface area contributed by atoms with Crippen LogP contribution in [0.1, 0.15) is 72.5 Å². The molecule has 3 aromatic carbocycles. The fourth-order valence-corrected chi connectivity index (χ4v) is 6.68. The number of rotatable bonds is 5. The number of aliphatic carboxylic acids is 1. The normalized spacial score (nSPS) is 20.2. The van der Waals surface area contributed by atoms with E-state index >= 15 is 0 Å². The second kappa shape index (κ2) is 9.49. The summed E-state index contributed by atoms with van der Waals surface area (Å²) in [4.78, 5) is 15.2.